The van der Waals surface area contributed by atoms with E-state index in [1.807, 2.05) is 26.1 Å². The number of aromatic nitrogens is 2. The number of hydrogen-bond acceptors (Lipinski definition) is 5. The lowest BCUT2D eigenvalue weighted by Crippen LogP contribution is -2.67. The lowest BCUT2D eigenvalue weighted by Gasteiger charge is -2.73. The zero-order chi connectivity index (χ0) is 42.8. The van der Waals surface area contributed by atoms with Crippen LogP contribution in [0.25, 0.3) is 11.3 Å². The number of imidazole rings is 1. The molecule has 6 saturated carbocycles. The van der Waals surface area contributed by atoms with Crippen molar-refractivity contribution in [3.8, 4) is 11.3 Å². The second-order valence-corrected chi connectivity index (χ2v) is 23.3. The predicted molar refractivity (Wildman–Crippen MR) is 234 cm³/mol. The summed E-state index contributed by atoms with van der Waals surface area (Å²) in [6, 6.07) is 10.4. The number of hydrogen-bond donors (Lipinski definition) is 2. The Labute approximate surface area is 359 Å². The number of H-pyrrole nitrogens is 1. The van der Waals surface area contributed by atoms with Crippen LogP contribution in [-0.2, 0) is 19.1 Å². The van der Waals surface area contributed by atoms with Gasteiger partial charge < -0.3 is 19.7 Å². The zero-order valence-corrected chi connectivity index (χ0v) is 37.9. The summed E-state index contributed by atoms with van der Waals surface area (Å²) in [7, 11) is 0. The number of ether oxygens (including phenoxy) is 1. The van der Waals surface area contributed by atoms with Gasteiger partial charge in [0.05, 0.1) is 29.1 Å². The molecule has 0 spiro atoms. The van der Waals surface area contributed by atoms with Gasteiger partial charge in [-0.05, 0) is 147 Å². The third-order valence-corrected chi connectivity index (χ3v) is 20.3. The van der Waals surface area contributed by atoms with Gasteiger partial charge in [-0.3, -0.25) is 14.4 Å². The van der Waals surface area contributed by atoms with E-state index in [-0.39, 0.29) is 51.0 Å². The van der Waals surface area contributed by atoms with E-state index in [1.54, 1.807) is 0 Å². The number of carbonyl (C=O) groups excluding carboxylic acids is 2. The van der Waals surface area contributed by atoms with Crippen LogP contribution in [0.2, 0.25) is 0 Å². The molecule has 7 aliphatic rings. The van der Waals surface area contributed by atoms with Crippen LogP contribution in [0.3, 0.4) is 0 Å². The van der Waals surface area contributed by atoms with E-state index >= 15 is 4.79 Å². The van der Waals surface area contributed by atoms with Gasteiger partial charge in [0.1, 0.15) is 11.9 Å². The number of carboxylic acids is 1. The molecule has 326 valence electrons. The average molecular weight is 820 g/mol. The molecule has 0 radical (unpaired) electrons. The monoisotopic (exact) mass is 820 g/mol. The molecule has 2 aromatic rings. The summed E-state index contributed by atoms with van der Waals surface area (Å²) in [5.74, 6) is 1.92. The Morgan fingerprint density at radius 1 is 0.833 bits per heavy atom. The van der Waals surface area contributed by atoms with Crippen LogP contribution >= 0.6 is 0 Å². The number of carbonyl (C=O) groups is 3. The Morgan fingerprint density at radius 2 is 1.58 bits per heavy atom. The third kappa shape index (κ3) is 5.93. The molecule has 1 unspecified atom stereocenters. The first kappa shape index (κ1) is 41.9. The van der Waals surface area contributed by atoms with E-state index in [1.165, 1.54) is 18.4 Å². The summed E-state index contributed by atoms with van der Waals surface area (Å²) in [4.78, 5) is 51.7. The van der Waals surface area contributed by atoms with Gasteiger partial charge in [-0.1, -0.05) is 91.0 Å². The Balaban J connectivity index is 0.946. The molecule has 0 bridgehead atoms. The molecule has 8 heteroatoms. The van der Waals surface area contributed by atoms with Gasteiger partial charge in [0.15, 0.2) is 0 Å². The highest BCUT2D eigenvalue weighted by atomic mass is 16.5. The maximum Gasteiger partial charge on any atom is 0.309 e. The lowest BCUT2D eigenvalue weighted by atomic mass is 9.32. The molecule has 13 atom stereocenters. The van der Waals surface area contributed by atoms with E-state index in [0.29, 0.717) is 41.9 Å². The number of rotatable bonds is 7. The molecule has 2 N–H and O–H groups in total. The minimum Gasteiger partial charge on any atom is -0.481 e. The molecule has 2 heterocycles. The smallest absolute Gasteiger partial charge is 0.309 e. The largest absolute Gasteiger partial charge is 0.481 e. The number of allylic oxidation sites excluding steroid dienone is 1. The third-order valence-electron chi connectivity index (χ3n) is 20.3. The average Bonchev–Trinajstić information content (AvgIpc) is 3.86. The normalized spacial score (nSPS) is 42.7. The van der Waals surface area contributed by atoms with Gasteiger partial charge >= 0.3 is 11.9 Å². The maximum atomic E-state index is 15.4. The number of aliphatic carboxylic acids is 1. The van der Waals surface area contributed by atoms with E-state index in [0.717, 1.165) is 94.4 Å². The quantitative estimate of drug-likeness (QED) is 0.212. The summed E-state index contributed by atoms with van der Waals surface area (Å²) in [6.07, 6.45) is 14.9. The van der Waals surface area contributed by atoms with Crippen molar-refractivity contribution in [3.05, 3.63) is 54.5 Å². The second kappa shape index (κ2) is 14.3. The number of amides is 1. The van der Waals surface area contributed by atoms with Crippen molar-refractivity contribution >= 4 is 17.8 Å². The molecule has 1 aliphatic heterocycles. The number of benzene rings is 1. The molecule has 9 rings (SSSR count). The Hall–Kier alpha value is -3.42. The summed E-state index contributed by atoms with van der Waals surface area (Å²) < 4.78 is 6.47. The second-order valence-electron chi connectivity index (χ2n) is 23.3. The lowest BCUT2D eigenvalue weighted by molar-refractivity contribution is -0.251. The molecular formula is C52H73N3O5. The SMILES string of the molecule is C=C(C)C1CC[C@]2(C(=O)N3CCC[C@H](c4ncc(-c5ccccc5)[nH]4)C3)CC[C@]3(C)[C@H](CC[C@@H]4[C@@]5(C)CC[C@H](OC(=O)[C@H]6C[C@@H](C(=O)O)C6(C)C)C(C)(C)[C@@H]5CC[C@]43C)[C@@H]12. The maximum absolute atomic E-state index is 15.4. The van der Waals surface area contributed by atoms with Crippen LogP contribution in [-0.4, -0.2) is 57.0 Å². The summed E-state index contributed by atoms with van der Waals surface area (Å²) in [5.41, 5.74) is 2.72. The fourth-order valence-electron chi connectivity index (χ4n) is 16.7. The van der Waals surface area contributed by atoms with Crippen molar-refractivity contribution < 1.29 is 24.2 Å². The molecule has 8 nitrogen and oxygen atoms in total. The molecule has 1 aromatic heterocycles. The molecule has 1 aromatic carbocycles. The van der Waals surface area contributed by atoms with Crippen molar-refractivity contribution in [2.75, 3.05) is 13.1 Å². The first-order valence-electron chi connectivity index (χ1n) is 23.8. The van der Waals surface area contributed by atoms with Crippen LogP contribution < -0.4 is 0 Å². The van der Waals surface area contributed by atoms with Crippen molar-refractivity contribution in [1.82, 2.24) is 14.9 Å². The highest BCUT2D eigenvalue weighted by molar-refractivity contribution is 5.84. The van der Waals surface area contributed by atoms with Gasteiger partial charge in [-0.15, -0.1) is 0 Å². The number of nitrogens with zero attached hydrogens (tertiary/aromatic N) is 2. The van der Waals surface area contributed by atoms with Crippen LogP contribution in [0, 0.1) is 73.9 Å². The highest BCUT2D eigenvalue weighted by Gasteiger charge is 2.72. The minimum absolute atomic E-state index is 0.118. The molecule has 7 fully saturated rings. The first-order chi connectivity index (χ1) is 28.3. The molecule has 6 aliphatic carbocycles. The number of piperidine rings is 1. The van der Waals surface area contributed by atoms with Gasteiger partial charge in [-0.25, -0.2) is 4.98 Å². The zero-order valence-electron chi connectivity index (χ0n) is 37.9. The van der Waals surface area contributed by atoms with E-state index in [2.05, 4.69) is 82.3 Å². The standard InChI is InChI=1S/C52H73N3O5/c1-31(2)34-19-24-52(46(59)55-27-13-16-33(30-55)43-53-29-38(54-43)32-14-11-10-12-15-32)26-25-50(8)35(42(34)52)17-18-40-49(7)22-21-41(48(5,6)39(49)20-23-51(40,50)9)60-45(58)37-28-36(44(56)57)47(37,3)4/h10-12,14-15,29,33-37,39-42H,1,13,16-28,30H2,2-9H3,(H,53,54)(H,56,57)/t33-,34?,35+,36-,37+,39-,40+,41-,42+,49-,50+,51+,52-/m0/s1. The van der Waals surface area contributed by atoms with Crippen LogP contribution in [0.4, 0.5) is 0 Å². The molecule has 60 heavy (non-hydrogen) atoms. The van der Waals surface area contributed by atoms with Gasteiger partial charge in [0.25, 0.3) is 0 Å². The highest BCUT2D eigenvalue weighted by Crippen LogP contribution is 2.78. The summed E-state index contributed by atoms with van der Waals surface area (Å²) in [5, 5.41) is 9.71. The molecule has 1 amide bonds. The molecule has 1 saturated heterocycles. The fourth-order valence-corrected chi connectivity index (χ4v) is 16.7. The van der Waals surface area contributed by atoms with E-state index in [9.17, 15) is 14.7 Å². The summed E-state index contributed by atoms with van der Waals surface area (Å²) in [6.45, 7) is 24.8. The van der Waals surface area contributed by atoms with Gasteiger partial charge in [-0.2, -0.15) is 0 Å². The minimum atomic E-state index is -0.816. The number of carboxylic acid groups (broad SMARTS) is 1. The Morgan fingerprint density at radius 3 is 2.28 bits per heavy atom. The Kier molecular flexibility index (Phi) is 9.99. The van der Waals surface area contributed by atoms with Crippen LogP contribution in [0.1, 0.15) is 151 Å². The number of fused-ring (bicyclic) bond motifs is 7. The fraction of sp³-hybridized carbons (Fsp3) is 0.731. The van der Waals surface area contributed by atoms with Crippen LogP contribution in [0.15, 0.2) is 48.7 Å². The number of aromatic amines is 1. The van der Waals surface area contributed by atoms with Crippen molar-refractivity contribution in [2.45, 2.75) is 151 Å². The topological polar surface area (TPSA) is 113 Å². The van der Waals surface area contributed by atoms with Crippen molar-refractivity contribution in [2.24, 2.45) is 73.9 Å². The summed E-state index contributed by atoms with van der Waals surface area (Å²) >= 11 is 0. The van der Waals surface area contributed by atoms with Gasteiger partial charge in [0, 0.05) is 24.4 Å². The first-order valence-corrected chi connectivity index (χ1v) is 23.8. The number of esters is 1. The van der Waals surface area contributed by atoms with E-state index in [4.69, 9.17) is 9.72 Å². The molecular weight excluding hydrogens is 747 g/mol. The van der Waals surface area contributed by atoms with Gasteiger partial charge in [0.2, 0.25) is 5.91 Å². The predicted octanol–water partition coefficient (Wildman–Crippen LogP) is 11.1. The van der Waals surface area contributed by atoms with Crippen LogP contribution in [0.5, 0.6) is 0 Å². The Bertz CT molecular complexity index is 2040. The van der Waals surface area contributed by atoms with Crippen molar-refractivity contribution in [3.63, 3.8) is 0 Å². The number of nitrogens with one attached hydrogen (secondary N) is 1. The van der Waals surface area contributed by atoms with E-state index < -0.39 is 17.3 Å². The van der Waals surface area contributed by atoms with Crippen molar-refractivity contribution in [1.29, 1.82) is 0 Å². The number of likely N-dealkylation sites (tertiary alicyclic amines) is 1.